The molecule has 2 rings (SSSR count). The number of isocyanates is 1. The van der Waals surface area contributed by atoms with Crippen LogP contribution in [-0.2, 0) is 11.3 Å². The van der Waals surface area contributed by atoms with Gasteiger partial charge in [-0.25, -0.2) is 9.79 Å². The zero-order valence-electron chi connectivity index (χ0n) is 7.25. The topological polar surface area (TPSA) is 45.2 Å². The van der Waals surface area contributed by atoms with Crippen LogP contribution in [0.2, 0.25) is 5.02 Å². The number of aromatic amines is 1. The molecule has 0 saturated heterocycles. The molecular formula is C10H7ClN2O. The Hall–Kier alpha value is -1.57. The van der Waals surface area contributed by atoms with Crippen LogP contribution in [0, 0.1) is 0 Å². The van der Waals surface area contributed by atoms with E-state index in [1.165, 1.54) is 6.08 Å². The van der Waals surface area contributed by atoms with Crippen molar-refractivity contribution < 1.29 is 4.79 Å². The van der Waals surface area contributed by atoms with Crippen molar-refractivity contribution >= 4 is 28.6 Å². The molecule has 0 aliphatic heterocycles. The van der Waals surface area contributed by atoms with E-state index in [1.807, 2.05) is 18.2 Å². The van der Waals surface area contributed by atoms with Crippen molar-refractivity contribution in [1.82, 2.24) is 4.98 Å². The van der Waals surface area contributed by atoms with Crippen LogP contribution in [-0.4, -0.2) is 11.1 Å². The summed E-state index contributed by atoms with van der Waals surface area (Å²) in [6, 6.07) is 5.72. The van der Waals surface area contributed by atoms with Gasteiger partial charge >= 0.3 is 0 Å². The summed E-state index contributed by atoms with van der Waals surface area (Å²) in [7, 11) is 0. The van der Waals surface area contributed by atoms with Crippen LogP contribution in [0.4, 0.5) is 0 Å². The van der Waals surface area contributed by atoms with Gasteiger partial charge in [0, 0.05) is 17.1 Å². The van der Waals surface area contributed by atoms with Crippen LogP contribution in [0.3, 0.4) is 0 Å². The SMILES string of the molecule is O=C=NCc1ccc2[nH]cc(Cl)c2c1. The number of aromatic nitrogens is 1. The molecule has 0 unspecified atom stereocenters. The summed E-state index contributed by atoms with van der Waals surface area (Å²) in [5, 5.41) is 1.63. The van der Waals surface area contributed by atoms with Crippen molar-refractivity contribution in [3.8, 4) is 0 Å². The van der Waals surface area contributed by atoms with E-state index in [9.17, 15) is 4.79 Å². The second-order valence-corrected chi connectivity index (χ2v) is 3.33. The normalized spacial score (nSPS) is 10.1. The van der Waals surface area contributed by atoms with Crippen molar-refractivity contribution in [2.75, 3.05) is 0 Å². The molecule has 0 amide bonds. The summed E-state index contributed by atoms with van der Waals surface area (Å²) in [4.78, 5) is 16.5. The van der Waals surface area contributed by atoms with Crippen molar-refractivity contribution in [2.45, 2.75) is 6.54 Å². The second kappa shape index (κ2) is 3.66. The van der Waals surface area contributed by atoms with Crippen molar-refractivity contribution in [1.29, 1.82) is 0 Å². The molecule has 0 spiro atoms. The van der Waals surface area contributed by atoms with Crippen LogP contribution >= 0.6 is 11.6 Å². The lowest BCUT2D eigenvalue weighted by atomic mass is 10.1. The van der Waals surface area contributed by atoms with E-state index in [1.54, 1.807) is 6.20 Å². The highest BCUT2D eigenvalue weighted by molar-refractivity contribution is 6.35. The maximum atomic E-state index is 9.93. The van der Waals surface area contributed by atoms with Gasteiger partial charge < -0.3 is 4.98 Å². The standard InChI is InChI=1S/C10H7ClN2O/c11-9-5-13-10-2-1-7(3-8(9)10)4-12-6-14/h1-3,5,13H,4H2. The van der Waals surface area contributed by atoms with E-state index in [2.05, 4.69) is 9.98 Å². The largest absolute Gasteiger partial charge is 0.360 e. The molecule has 0 radical (unpaired) electrons. The van der Waals surface area contributed by atoms with Crippen molar-refractivity contribution in [3.05, 3.63) is 35.0 Å². The third-order valence-electron chi connectivity index (χ3n) is 2.02. The molecule has 0 aliphatic rings. The Morgan fingerprint density at radius 3 is 3.14 bits per heavy atom. The predicted octanol–water partition coefficient (Wildman–Crippen LogP) is 2.66. The monoisotopic (exact) mass is 206 g/mol. The Morgan fingerprint density at radius 2 is 2.36 bits per heavy atom. The summed E-state index contributed by atoms with van der Waals surface area (Å²) in [6.07, 6.45) is 3.24. The van der Waals surface area contributed by atoms with Crippen LogP contribution in [0.1, 0.15) is 5.56 Å². The van der Waals surface area contributed by atoms with E-state index in [0.717, 1.165) is 16.5 Å². The van der Waals surface area contributed by atoms with Gasteiger partial charge in [-0.2, -0.15) is 0 Å². The predicted molar refractivity (Wildman–Crippen MR) is 55.1 cm³/mol. The summed E-state index contributed by atoms with van der Waals surface area (Å²) < 4.78 is 0. The lowest BCUT2D eigenvalue weighted by Gasteiger charge is -1.95. The van der Waals surface area contributed by atoms with E-state index in [0.29, 0.717) is 11.6 Å². The maximum Gasteiger partial charge on any atom is 0.235 e. The third kappa shape index (κ3) is 1.55. The minimum Gasteiger partial charge on any atom is -0.360 e. The average molecular weight is 207 g/mol. The molecule has 0 saturated carbocycles. The number of benzene rings is 1. The fraction of sp³-hybridized carbons (Fsp3) is 0.100. The fourth-order valence-corrected chi connectivity index (χ4v) is 1.57. The van der Waals surface area contributed by atoms with Gasteiger partial charge in [0.1, 0.15) is 0 Å². The molecule has 2 aromatic rings. The van der Waals surface area contributed by atoms with Crippen LogP contribution < -0.4 is 0 Å². The Balaban J connectivity index is 2.48. The third-order valence-corrected chi connectivity index (χ3v) is 2.33. The number of H-pyrrole nitrogens is 1. The number of halogens is 1. The van der Waals surface area contributed by atoms with E-state index >= 15 is 0 Å². The summed E-state index contributed by atoms with van der Waals surface area (Å²) in [6.45, 7) is 0.348. The molecule has 0 atom stereocenters. The summed E-state index contributed by atoms with van der Waals surface area (Å²) in [5.41, 5.74) is 1.93. The van der Waals surface area contributed by atoms with Crippen LogP contribution in [0.5, 0.6) is 0 Å². The molecule has 1 heterocycles. The Bertz CT molecular complexity index is 512. The minimum absolute atomic E-state index is 0.348. The molecule has 4 heteroatoms. The molecule has 1 aromatic heterocycles. The van der Waals surface area contributed by atoms with Gasteiger partial charge in [0.05, 0.1) is 11.6 Å². The minimum atomic E-state index is 0.348. The van der Waals surface area contributed by atoms with Gasteiger partial charge in [0.25, 0.3) is 0 Å². The number of nitrogens with one attached hydrogen (secondary N) is 1. The van der Waals surface area contributed by atoms with Crippen LogP contribution in [0.15, 0.2) is 29.4 Å². The highest BCUT2D eigenvalue weighted by atomic mass is 35.5. The second-order valence-electron chi connectivity index (χ2n) is 2.92. The van der Waals surface area contributed by atoms with Crippen molar-refractivity contribution in [3.63, 3.8) is 0 Å². The number of nitrogens with zero attached hydrogens (tertiary/aromatic N) is 1. The highest BCUT2D eigenvalue weighted by Gasteiger charge is 2.01. The Morgan fingerprint density at radius 1 is 1.50 bits per heavy atom. The summed E-state index contributed by atoms with van der Waals surface area (Å²) >= 11 is 5.94. The molecule has 0 fully saturated rings. The first-order chi connectivity index (χ1) is 6.81. The highest BCUT2D eigenvalue weighted by Crippen LogP contribution is 2.23. The number of fused-ring (bicyclic) bond motifs is 1. The van der Waals surface area contributed by atoms with Crippen molar-refractivity contribution in [2.24, 2.45) is 4.99 Å². The molecule has 1 aromatic carbocycles. The van der Waals surface area contributed by atoms with Gasteiger partial charge in [-0.15, -0.1) is 0 Å². The Labute approximate surface area is 85.4 Å². The van der Waals surface area contributed by atoms with E-state index in [-0.39, 0.29) is 0 Å². The summed E-state index contributed by atoms with van der Waals surface area (Å²) in [5.74, 6) is 0. The van der Waals surface area contributed by atoms with Gasteiger partial charge in [0.2, 0.25) is 6.08 Å². The van der Waals surface area contributed by atoms with E-state index < -0.39 is 0 Å². The van der Waals surface area contributed by atoms with Gasteiger partial charge in [-0.3, -0.25) is 0 Å². The van der Waals surface area contributed by atoms with Crippen LogP contribution in [0.25, 0.3) is 10.9 Å². The average Bonchev–Trinajstić information content (AvgIpc) is 2.57. The quantitative estimate of drug-likeness (QED) is 0.596. The molecular weight excluding hydrogens is 200 g/mol. The molecule has 0 aliphatic carbocycles. The fourth-order valence-electron chi connectivity index (χ4n) is 1.36. The lowest BCUT2D eigenvalue weighted by molar-refractivity contribution is 0.563. The number of aliphatic imine (C=N–C) groups is 1. The Kier molecular flexibility index (Phi) is 2.35. The van der Waals surface area contributed by atoms with Gasteiger partial charge in [0.15, 0.2) is 0 Å². The zero-order valence-corrected chi connectivity index (χ0v) is 8.01. The number of hydrogen-bond acceptors (Lipinski definition) is 2. The van der Waals surface area contributed by atoms with Gasteiger partial charge in [-0.05, 0) is 17.7 Å². The first-order valence-corrected chi connectivity index (χ1v) is 4.48. The van der Waals surface area contributed by atoms with E-state index in [4.69, 9.17) is 11.6 Å². The van der Waals surface area contributed by atoms with Gasteiger partial charge in [-0.1, -0.05) is 17.7 Å². The molecule has 3 nitrogen and oxygen atoms in total. The number of hydrogen-bond donors (Lipinski definition) is 1. The zero-order chi connectivity index (χ0) is 9.97. The first kappa shape index (κ1) is 9.00. The first-order valence-electron chi connectivity index (χ1n) is 4.10. The smallest absolute Gasteiger partial charge is 0.235 e. The number of rotatable bonds is 2. The molecule has 14 heavy (non-hydrogen) atoms. The maximum absolute atomic E-state index is 9.93. The number of carbonyl (C=O) groups excluding carboxylic acids is 1. The molecule has 70 valence electrons. The lowest BCUT2D eigenvalue weighted by Crippen LogP contribution is -1.80. The molecule has 1 N–H and O–H groups in total. The molecule has 0 bridgehead atoms.